The van der Waals surface area contributed by atoms with Gasteiger partial charge in [0.2, 0.25) is 0 Å². The van der Waals surface area contributed by atoms with Crippen molar-refractivity contribution in [2.75, 3.05) is 40.3 Å². The predicted molar refractivity (Wildman–Crippen MR) is 91.0 cm³/mol. The lowest BCUT2D eigenvalue weighted by atomic mass is 10.4. The summed E-state index contributed by atoms with van der Waals surface area (Å²) in [6.45, 7) is 8.68. The molecule has 0 spiro atoms. The molecule has 1 N–H and O–H groups in total. The van der Waals surface area contributed by atoms with Gasteiger partial charge in [-0.25, -0.2) is 0 Å². The Morgan fingerprint density at radius 3 is 2.62 bits per heavy atom. The Balaban J connectivity index is 2.65. The van der Waals surface area contributed by atoms with Gasteiger partial charge in [0.25, 0.3) is 0 Å². The number of halogens is 1. The van der Waals surface area contributed by atoms with Gasteiger partial charge in [-0.3, -0.25) is 4.99 Å². The topological polar surface area (TPSA) is 35.8 Å². The van der Waals surface area contributed by atoms with Crippen LogP contribution in [0.5, 0.6) is 0 Å². The van der Waals surface area contributed by atoms with Crippen LogP contribution in [0.4, 0.5) is 0 Å². The van der Waals surface area contributed by atoms with E-state index in [0.29, 0.717) is 0 Å². The van der Waals surface area contributed by atoms with Crippen LogP contribution in [0, 0.1) is 0 Å². The van der Waals surface area contributed by atoms with Gasteiger partial charge in [0.15, 0.2) is 5.96 Å². The first-order valence-electron chi connectivity index (χ1n) is 7.46. The zero-order valence-electron chi connectivity index (χ0n) is 13.9. The van der Waals surface area contributed by atoms with Crippen LogP contribution in [0.15, 0.2) is 17.3 Å². The molecule has 1 aromatic heterocycles. The number of likely N-dealkylation sites (N-methyl/N-ethyl adjacent to an activating group) is 1. The molecule has 0 radical (unpaired) electrons. The fourth-order valence-electron chi connectivity index (χ4n) is 2.00. The van der Waals surface area contributed by atoms with Gasteiger partial charge < -0.3 is 19.7 Å². The van der Waals surface area contributed by atoms with E-state index in [1.54, 1.807) is 0 Å². The predicted octanol–water partition coefficient (Wildman–Crippen LogP) is 2.03. The number of rotatable bonds is 7. The SMILES string of the molecule is CCNC(=NCCN(C)CC)N(C)Cc1cc(Cl)cn1C. The molecule has 0 unspecified atom stereocenters. The fraction of sp³-hybridized carbons (Fsp3) is 0.667. The van der Waals surface area contributed by atoms with Crippen LogP contribution < -0.4 is 5.32 Å². The average molecular weight is 314 g/mol. The fourth-order valence-corrected chi connectivity index (χ4v) is 2.27. The molecular weight excluding hydrogens is 286 g/mol. The van der Waals surface area contributed by atoms with Crippen molar-refractivity contribution in [1.29, 1.82) is 0 Å². The molecule has 1 aromatic rings. The molecule has 0 atom stereocenters. The smallest absolute Gasteiger partial charge is 0.194 e. The molecule has 0 aliphatic heterocycles. The second-order valence-electron chi connectivity index (χ2n) is 5.25. The van der Waals surface area contributed by atoms with E-state index in [2.05, 4.69) is 41.0 Å². The van der Waals surface area contributed by atoms with Gasteiger partial charge in [0.05, 0.1) is 18.1 Å². The highest BCUT2D eigenvalue weighted by molar-refractivity contribution is 6.30. The van der Waals surface area contributed by atoms with Crippen molar-refractivity contribution in [3.8, 4) is 0 Å². The number of aliphatic imine (C=N–C) groups is 1. The monoisotopic (exact) mass is 313 g/mol. The van der Waals surface area contributed by atoms with Crippen LogP contribution in [0.25, 0.3) is 0 Å². The first kappa shape index (κ1) is 17.9. The van der Waals surface area contributed by atoms with Crippen LogP contribution in [0.1, 0.15) is 19.5 Å². The van der Waals surface area contributed by atoms with Crippen LogP contribution in [0.2, 0.25) is 5.02 Å². The lowest BCUT2D eigenvalue weighted by molar-refractivity contribution is 0.361. The van der Waals surface area contributed by atoms with Gasteiger partial charge in [-0.1, -0.05) is 18.5 Å². The second kappa shape index (κ2) is 8.95. The van der Waals surface area contributed by atoms with Crippen molar-refractivity contribution < 1.29 is 0 Å². The third-order valence-electron chi connectivity index (χ3n) is 3.45. The van der Waals surface area contributed by atoms with Crippen LogP contribution in [0.3, 0.4) is 0 Å². The normalized spacial score (nSPS) is 12.0. The van der Waals surface area contributed by atoms with E-state index in [-0.39, 0.29) is 0 Å². The molecule has 0 bridgehead atoms. The molecule has 120 valence electrons. The zero-order valence-corrected chi connectivity index (χ0v) is 14.6. The molecular formula is C15H28ClN5. The number of guanidine groups is 1. The van der Waals surface area contributed by atoms with Crippen molar-refractivity contribution in [2.45, 2.75) is 20.4 Å². The molecule has 0 saturated carbocycles. The second-order valence-corrected chi connectivity index (χ2v) is 5.68. The number of hydrogen-bond acceptors (Lipinski definition) is 2. The third kappa shape index (κ3) is 5.98. The van der Waals surface area contributed by atoms with E-state index in [1.165, 1.54) is 5.69 Å². The number of nitrogens with zero attached hydrogens (tertiary/aromatic N) is 4. The lowest BCUT2D eigenvalue weighted by Crippen LogP contribution is -2.39. The Bertz CT molecular complexity index is 455. The van der Waals surface area contributed by atoms with Crippen LogP contribution >= 0.6 is 11.6 Å². The Labute approximate surface area is 133 Å². The van der Waals surface area contributed by atoms with Gasteiger partial charge in [0, 0.05) is 39.1 Å². The molecule has 0 saturated heterocycles. The minimum atomic E-state index is 0.771. The summed E-state index contributed by atoms with van der Waals surface area (Å²) >= 11 is 6.03. The van der Waals surface area contributed by atoms with Gasteiger partial charge in [0.1, 0.15) is 0 Å². The van der Waals surface area contributed by atoms with Gasteiger partial charge >= 0.3 is 0 Å². The van der Waals surface area contributed by atoms with Gasteiger partial charge in [-0.2, -0.15) is 0 Å². The van der Waals surface area contributed by atoms with E-state index in [9.17, 15) is 0 Å². The Morgan fingerprint density at radius 1 is 1.38 bits per heavy atom. The molecule has 1 heterocycles. The molecule has 1 rings (SSSR count). The minimum absolute atomic E-state index is 0.771. The molecule has 0 aliphatic carbocycles. The van der Waals surface area contributed by atoms with E-state index < -0.39 is 0 Å². The summed E-state index contributed by atoms with van der Waals surface area (Å²) in [7, 11) is 6.17. The summed E-state index contributed by atoms with van der Waals surface area (Å²) in [6, 6.07) is 1.99. The molecule has 0 fully saturated rings. The van der Waals surface area contributed by atoms with E-state index in [0.717, 1.165) is 43.7 Å². The van der Waals surface area contributed by atoms with Crippen molar-refractivity contribution in [1.82, 2.24) is 19.7 Å². The maximum absolute atomic E-state index is 6.03. The van der Waals surface area contributed by atoms with Crippen LogP contribution in [-0.2, 0) is 13.6 Å². The summed E-state index contributed by atoms with van der Waals surface area (Å²) in [5, 5.41) is 4.11. The highest BCUT2D eigenvalue weighted by atomic mass is 35.5. The molecule has 21 heavy (non-hydrogen) atoms. The number of nitrogens with one attached hydrogen (secondary N) is 1. The standard InChI is InChI=1S/C15H28ClN5/c1-6-17-15(18-8-9-19(3)7-2)21(5)12-14-10-13(16)11-20(14)4/h10-11H,6-9,12H2,1-5H3,(H,17,18). The number of aryl methyl sites for hydroxylation is 1. The number of aromatic nitrogens is 1. The minimum Gasteiger partial charge on any atom is -0.357 e. The van der Waals surface area contributed by atoms with Crippen molar-refractivity contribution in [3.05, 3.63) is 23.0 Å². The molecule has 0 aromatic carbocycles. The quantitative estimate of drug-likeness (QED) is 0.618. The molecule has 6 heteroatoms. The summed E-state index contributed by atoms with van der Waals surface area (Å²) in [6.07, 6.45) is 1.92. The summed E-state index contributed by atoms with van der Waals surface area (Å²) in [5.74, 6) is 0.930. The van der Waals surface area contributed by atoms with Gasteiger partial charge in [-0.15, -0.1) is 0 Å². The highest BCUT2D eigenvalue weighted by Gasteiger charge is 2.09. The Kier molecular flexibility index (Phi) is 7.61. The van der Waals surface area contributed by atoms with Crippen molar-refractivity contribution >= 4 is 17.6 Å². The zero-order chi connectivity index (χ0) is 15.8. The largest absolute Gasteiger partial charge is 0.357 e. The molecule has 0 aliphatic rings. The average Bonchev–Trinajstić information content (AvgIpc) is 2.75. The summed E-state index contributed by atoms with van der Waals surface area (Å²) < 4.78 is 2.05. The van der Waals surface area contributed by atoms with Gasteiger partial charge in [-0.05, 0) is 26.6 Å². The summed E-state index contributed by atoms with van der Waals surface area (Å²) in [5.41, 5.74) is 1.17. The number of hydrogen-bond donors (Lipinski definition) is 1. The third-order valence-corrected chi connectivity index (χ3v) is 3.66. The lowest BCUT2D eigenvalue weighted by Gasteiger charge is -2.22. The van der Waals surface area contributed by atoms with Crippen molar-refractivity contribution in [3.63, 3.8) is 0 Å². The Hall–Kier alpha value is -1.20. The van der Waals surface area contributed by atoms with Crippen LogP contribution in [-0.4, -0.2) is 60.6 Å². The Morgan fingerprint density at radius 2 is 2.10 bits per heavy atom. The first-order chi connectivity index (χ1) is 9.97. The molecule has 0 amide bonds. The summed E-state index contributed by atoms with van der Waals surface area (Å²) in [4.78, 5) is 9.06. The first-order valence-corrected chi connectivity index (χ1v) is 7.84. The maximum atomic E-state index is 6.03. The van der Waals surface area contributed by atoms with E-state index in [4.69, 9.17) is 11.6 Å². The highest BCUT2D eigenvalue weighted by Crippen LogP contribution is 2.14. The maximum Gasteiger partial charge on any atom is 0.194 e. The van der Waals surface area contributed by atoms with Crippen molar-refractivity contribution in [2.24, 2.45) is 12.0 Å². The molecule has 5 nitrogen and oxygen atoms in total. The van der Waals surface area contributed by atoms with E-state index in [1.807, 2.05) is 30.9 Å². The van der Waals surface area contributed by atoms with E-state index >= 15 is 0 Å².